The van der Waals surface area contributed by atoms with Crippen LogP contribution in [0.4, 0.5) is 0 Å². The summed E-state index contributed by atoms with van der Waals surface area (Å²) in [6.45, 7) is 0.687. The van der Waals surface area contributed by atoms with E-state index >= 15 is 0 Å². The molecule has 0 saturated heterocycles. The number of halogens is 1. The molecule has 1 heterocycles. The first-order valence-electron chi connectivity index (χ1n) is 9.04. The van der Waals surface area contributed by atoms with Crippen molar-refractivity contribution in [3.05, 3.63) is 69.5 Å². The number of aromatic nitrogens is 2. The van der Waals surface area contributed by atoms with Crippen molar-refractivity contribution in [1.29, 1.82) is 0 Å². The molecule has 3 rings (SSSR count). The number of hydrogen-bond donors (Lipinski definition) is 0. The fraction of sp³-hybridized carbons (Fsp3) is 0.286. The van der Waals surface area contributed by atoms with Crippen LogP contribution in [-0.2, 0) is 16.1 Å². The first-order chi connectivity index (χ1) is 13.9. The van der Waals surface area contributed by atoms with Crippen molar-refractivity contribution in [3.8, 4) is 0 Å². The molecule has 2 aromatic carbocycles. The van der Waals surface area contributed by atoms with Gasteiger partial charge in [-0.3, -0.25) is 14.2 Å². The van der Waals surface area contributed by atoms with Crippen LogP contribution in [0.15, 0.2) is 58.5 Å². The largest absolute Gasteiger partial charge is 0.383 e. The lowest BCUT2D eigenvalue weighted by atomic mass is 10.1. The lowest BCUT2D eigenvalue weighted by Crippen LogP contribution is -2.29. The summed E-state index contributed by atoms with van der Waals surface area (Å²) < 4.78 is 6.73. The summed E-state index contributed by atoms with van der Waals surface area (Å²) in [6, 6.07) is 14.5. The van der Waals surface area contributed by atoms with E-state index in [4.69, 9.17) is 16.3 Å². The van der Waals surface area contributed by atoms with Gasteiger partial charge in [-0.2, -0.15) is 0 Å². The molecule has 29 heavy (non-hydrogen) atoms. The van der Waals surface area contributed by atoms with Crippen LogP contribution in [0.5, 0.6) is 0 Å². The molecule has 0 aliphatic rings. The highest BCUT2D eigenvalue weighted by molar-refractivity contribution is 8.00. The Hall–Kier alpha value is -2.35. The van der Waals surface area contributed by atoms with Crippen molar-refractivity contribution in [1.82, 2.24) is 14.5 Å². The molecule has 1 atom stereocenters. The molecule has 0 spiro atoms. The highest BCUT2D eigenvalue weighted by Gasteiger charge is 2.26. The Morgan fingerprint density at radius 1 is 1.24 bits per heavy atom. The van der Waals surface area contributed by atoms with Crippen molar-refractivity contribution >= 4 is 40.2 Å². The summed E-state index contributed by atoms with van der Waals surface area (Å²) >= 11 is 7.36. The third-order valence-corrected chi connectivity index (χ3v) is 5.86. The summed E-state index contributed by atoms with van der Waals surface area (Å²) in [6.07, 6.45) is 0. The molecular formula is C21H22ClN3O3S. The summed E-state index contributed by atoms with van der Waals surface area (Å²) in [4.78, 5) is 32.2. The molecule has 0 aliphatic heterocycles. The van der Waals surface area contributed by atoms with E-state index in [9.17, 15) is 9.59 Å². The standard InChI is InChI=1S/C21H22ClN3O3S/c1-24(2)20(27)18(14-7-5-4-6-8-14)29-21-23-17-13-15(22)9-10-16(17)19(26)25(21)11-12-28-3/h4-10,13,18H,11-12H2,1-3H3/t18-/m1/s1. The van der Waals surface area contributed by atoms with E-state index in [1.807, 2.05) is 30.3 Å². The number of hydrogen-bond acceptors (Lipinski definition) is 5. The van der Waals surface area contributed by atoms with Crippen LogP contribution >= 0.6 is 23.4 Å². The van der Waals surface area contributed by atoms with Crippen LogP contribution in [0.3, 0.4) is 0 Å². The van der Waals surface area contributed by atoms with Crippen LogP contribution in [0.25, 0.3) is 10.9 Å². The zero-order valence-electron chi connectivity index (χ0n) is 16.5. The molecule has 0 fully saturated rings. The monoisotopic (exact) mass is 431 g/mol. The predicted octanol–water partition coefficient (Wildman–Crippen LogP) is 3.62. The molecule has 1 aromatic heterocycles. The van der Waals surface area contributed by atoms with Crippen LogP contribution in [0, 0.1) is 0 Å². The average Bonchev–Trinajstić information content (AvgIpc) is 2.71. The summed E-state index contributed by atoms with van der Waals surface area (Å²) in [7, 11) is 5.00. The van der Waals surface area contributed by atoms with E-state index < -0.39 is 5.25 Å². The van der Waals surface area contributed by atoms with E-state index in [0.717, 1.165) is 5.56 Å². The number of thioether (sulfide) groups is 1. The maximum absolute atomic E-state index is 13.1. The molecule has 0 saturated carbocycles. The van der Waals surface area contributed by atoms with Gasteiger partial charge in [0.1, 0.15) is 5.25 Å². The Labute approximate surface area is 178 Å². The van der Waals surface area contributed by atoms with Crippen molar-refractivity contribution < 1.29 is 9.53 Å². The van der Waals surface area contributed by atoms with E-state index in [1.54, 1.807) is 48.9 Å². The van der Waals surface area contributed by atoms with Crippen LogP contribution in [0.2, 0.25) is 5.02 Å². The molecule has 6 nitrogen and oxygen atoms in total. The topological polar surface area (TPSA) is 64.4 Å². The SMILES string of the molecule is COCCn1c(S[C@@H](C(=O)N(C)C)c2ccccc2)nc2cc(Cl)ccc2c1=O. The van der Waals surface area contributed by atoms with Gasteiger partial charge in [-0.05, 0) is 23.8 Å². The third kappa shape index (κ3) is 4.80. The number of benzene rings is 2. The fourth-order valence-electron chi connectivity index (χ4n) is 2.87. The number of carbonyl (C=O) groups is 1. The number of carbonyl (C=O) groups excluding carboxylic acids is 1. The number of amides is 1. The smallest absolute Gasteiger partial charge is 0.262 e. The van der Waals surface area contributed by atoms with Crippen LogP contribution < -0.4 is 5.56 Å². The molecule has 0 aliphatic carbocycles. The molecule has 8 heteroatoms. The lowest BCUT2D eigenvalue weighted by Gasteiger charge is -2.22. The lowest BCUT2D eigenvalue weighted by molar-refractivity contribution is -0.128. The van der Waals surface area contributed by atoms with Gasteiger partial charge in [0.05, 0.1) is 24.1 Å². The van der Waals surface area contributed by atoms with Crippen LogP contribution in [0.1, 0.15) is 10.8 Å². The molecule has 0 N–H and O–H groups in total. The van der Waals surface area contributed by atoms with E-state index in [0.29, 0.717) is 34.2 Å². The number of likely N-dealkylation sites (N-methyl/N-ethyl adjacent to an activating group) is 1. The fourth-order valence-corrected chi connectivity index (χ4v) is 4.31. The minimum absolute atomic E-state index is 0.0834. The van der Waals surface area contributed by atoms with E-state index in [1.165, 1.54) is 11.8 Å². The van der Waals surface area contributed by atoms with Gasteiger partial charge in [-0.25, -0.2) is 4.98 Å². The maximum Gasteiger partial charge on any atom is 0.262 e. The van der Waals surface area contributed by atoms with Crippen LogP contribution in [-0.4, -0.2) is 48.2 Å². The van der Waals surface area contributed by atoms with Crippen molar-refractivity contribution in [2.75, 3.05) is 27.8 Å². The minimum atomic E-state index is -0.538. The highest BCUT2D eigenvalue weighted by atomic mass is 35.5. The summed E-state index contributed by atoms with van der Waals surface area (Å²) in [5.41, 5.74) is 1.16. The van der Waals surface area contributed by atoms with E-state index in [-0.39, 0.29) is 11.5 Å². The molecule has 0 bridgehead atoms. The minimum Gasteiger partial charge on any atom is -0.383 e. The second-order valence-electron chi connectivity index (χ2n) is 6.65. The van der Waals surface area contributed by atoms with Gasteiger partial charge in [-0.15, -0.1) is 0 Å². The molecular weight excluding hydrogens is 410 g/mol. The molecule has 1 amide bonds. The van der Waals surface area contributed by atoms with Gasteiger partial charge in [-0.1, -0.05) is 53.7 Å². The number of ether oxygens (including phenoxy) is 1. The van der Waals surface area contributed by atoms with Crippen molar-refractivity contribution in [2.45, 2.75) is 17.0 Å². The summed E-state index contributed by atoms with van der Waals surface area (Å²) in [5, 5.41) is 0.887. The maximum atomic E-state index is 13.1. The second kappa shape index (κ2) is 9.43. The quantitative estimate of drug-likeness (QED) is 0.422. The molecule has 0 unspecified atom stereocenters. The zero-order valence-corrected chi connectivity index (χ0v) is 18.0. The molecule has 152 valence electrons. The first-order valence-corrected chi connectivity index (χ1v) is 10.3. The third-order valence-electron chi connectivity index (χ3n) is 4.39. The average molecular weight is 432 g/mol. The van der Waals surface area contributed by atoms with E-state index in [2.05, 4.69) is 4.98 Å². The Morgan fingerprint density at radius 2 is 1.97 bits per heavy atom. The zero-order chi connectivity index (χ0) is 21.0. The highest BCUT2D eigenvalue weighted by Crippen LogP contribution is 2.35. The van der Waals surface area contributed by atoms with Gasteiger partial charge < -0.3 is 9.64 Å². The second-order valence-corrected chi connectivity index (χ2v) is 8.16. The molecule has 0 radical (unpaired) electrons. The Bertz CT molecular complexity index is 1070. The summed E-state index contributed by atoms with van der Waals surface area (Å²) in [5.74, 6) is -0.0834. The Balaban J connectivity index is 2.14. The van der Waals surface area contributed by atoms with Gasteiger partial charge in [0.25, 0.3) is 5.56 Å². The van der Waals surface area contributed by atoms with Gasteiger partial charge in [0, 0.05) is 26.2 Å². The van der Waals surface area contributed by atoms with Crippen molar-refractivity contribution in [3.63, 3.8) is 0 Å². The Kier molecular flexibility index (Phi) is 6.95. The number of fused-ring (bicyclic) bond motifs is 1. The number of methoxy groups -OCH3 is 1. The predicted molar refractivity (Wildman–Crippen MR) is 117 cm³/mol. The van der Waals surface area contributed by atoms with Gasteiger partial charge in [0.2, 0.25) is 5.91 Å². The number of nitrogens with zero attached hydrogens (tertiary/aromatic N) is 3. The van der Waals surface area contributed by atoms with Crippen molar-refractivity contribution in [2.24, 2.45) is 0 Å². The molecule has 3 aromatic rings. The van der Waals surface area contributed by atoms with Gasteiger partial charge in [0.15, 0.2) is 5.16 Å². The number of rotatable bonds is 7. The first kappa shape index (κ1) is 21.4. The van der Waals surface area contributed by atoms with Gasteiger partial charge >= 0.3 is 0 Å². The Morgan fingerprint density at radius 3 is 2.62 bits per heavy atom. The normalized spacial score (nSPS) is 12.1.